The molecule has 0 amide bonds. The molecule has 4 heteroatoms. The van der Waals surface area contributed by atoms with Crippen molar-refractivity contribution in [3.05, 3.63) is 12.2 Å². The lowest BCUT2D eigenvalue weighted by Crippen LogP contribution is -1.99. The van der Waals surface area contributed by atoms with Crippen molar-refractivity contribution in [2.45, 2.75) is 26.2 Å². The zero-order valence-corrected chi connectivity index (χ0v) is 11.1. The molecule has 0 aromatic rings. The van der Waals surface area contributed by atoms with E-state index in [2.05, 4.69) is 18.8 Å². The highest BCUT2D eigenvalue weighted by Gasteiger charge is 2.21. The third-order valence-electron chi connectivity index (χ3n) is 1.91. The summed E-state index contributed by atoms with van der Waals surface area (Å²) >= 11 is 0. The summed E-state index contributed by atoms with van der Waals surface area (Å²) in [6, 6.07) is 0. The molecule has 0 saturated heterocycles. The summed E-state index contributed by atoms with van der Waals surface area (Å²) in [5.74, 6) is 4.52. The van der Waals surface area contributed by atoms with E-state index in [1.54, 1.807) is 6.08 Å². The van der Waals surface area contributed by atoms with E-state index in [1.807, 2.05) is 6.08 Å². The van der Waals surface area contributed by atoms with E-state index >= 15 is 0 Å². The Morgan fingerprint density at radius 2 is 1.76 bits per heavy atom. The van der Waals surface area contributed by atoms with Gasteiger partial charge in [-0.3, -0.25) is 13.6 Å². The van der Waals surface area contributed by atoms with Gasteiger partial charge in [0.25, 0.3) is 0 Å². The van der Waals surface area contributed by atoms with Crippen LogP contribution in [0.2, 0.25) is 0 Å². The molecule has 0 fully saturated rings. The normalized spacial score (nSPS) is 11.2. The van der Waals surface area contributed by atoms with E-state index < -0.39 is 7.60 Å². The van der Waals surface area contributed by atoms with Gasteiger partial charge in [-0.2, -0.15) is 0 Å². The fraction of sp³-hybridized carbons (Fsp3) is 0.538. The van der Waals surface area contributed by atoms with Gasteiger partial charge in [-0.25, -0.2) is 0 Å². The van der Waals surface area contributed by atoms with Gasteiger partial charge in [0.1, 0.15) is 13.2 Å². The summed E-state index contributed by atoms with van der Waals surface area (Å²) < 4.78 is 22.2. The fourth-order valence-corrected chi connectivity index (χ4v) is 2.29. The molecular weight excluding hydrogens is 235 g/mol. The SMILES string of the molecule is C#CCOP(=O)(C/C=C\CCCC)OCC#C. The van der Waals surface area contributed by atoms with Crippen LogP contribution in [0.1, 0.15) is 26.2 Å². The lowest BCUT2D eigenvalue weighted by molar-refractivity contribution is 0.245. The molecule has 0 bridgehead atoms. The van der Waals surface area contributed by atoms with Gasteiger partial charge in [-0.15, -0.1) is 12.8 Å². The summed E-state index contributed by atoms with van der Waals surface area (Å²) in [6.07, 6.45) is 17.3. The van der Waals surface area contributed by atoms with Crippen molar-refractivity contribution in [1.82, 2.24) is 0 Å². The molecule has 0 unspecified atom stereocenters. The molecule has 17 heavy (non-hydrogen) atoms. The van der Waals surface area contributed by atoms with E-state index in [9.17, 15) is 4.57 Å². The maximum absolute atomic E-state index is 12.1. The van der Waals surface area contributed by atoms with Gasteiger partial charge in [0, 0.05) is 0 Å². The molecule has 0 aliphatic carbocycles. The lowest BCUT2D eigenvalue weighted by Gasteiger charge is -2.14. The Bertz CT molecular complexity index is 325. The number of rotatable bonds is 9. The average molecular weight is 254 g/mol. The Kier molecular flexibility index (Phi) is 9.59. The van der Waals surface area contributed by atoms with Gasteiger partial charge in [-0.1, -0.05) is 43.8 Å². The van der Waals surface area contributed by atoms with E-state index in [1.165, 1.54) is 0 Å². The first-order valence-electron chi connectivity index (χ1n) is 5.58. The summed E-state index contributed by atoms with van der Waals surface area (Å²) in [4.78, 5) is 0. The molecule has 0 aromatic heterocycles. The van der Waals surface area contributed by atoms with Crippen LogP contribution in [0.5, 0.6) is 0 Å². The first-order chi connectivity index (χ1) is 8.18. The van der Waals surface area contributed by atoms with Crippen LogP contribution in [-0.4, -0.2) is 19.4 Å². The van der Waals surface area contributed by atoms with Crippen LogP contribution in [0.15, 0.2) is 12.2 Å². The first-order valence-corrected chi connectivity index (χ1v) is 7.31. The van der Waals surface area contributed by atoms with Gasteiger partial charge in [0.2, 0.25) is 0 Å². The van der Waals surface area contributed by atoms with Crippen LogP contribution in [0, 0.1) is 24.7 Å². The maximum Gasteiger partial charge on any atom is 0.336 e. The summed E-state index contributed by atoms with van der Waals surface area (Å²) in [6.45, 7) is 2.04. The van der Waals surface area contributed by atoms with Crippen LogP contribution in [0.3, 0.4) is 0 Å². The second-order valence-corrected chi connectivity index (χ2v) is 5.47. The molecule has 0 spiro atoms. The second kappa shape index (κ2) is 10.2. The van der Waals surface area contributed by atoms with E-state index in [-0.39, 0.29) is 19.4 Å². The summed E-state index contributed by atoms with van der Waals surface area (Å²) in [5, 5.41) is 0. The molecule has 0 N–H and O–H groups in total. The number of allylic oxidation sites excluding steroid dienone is 2. The van der Waals surface area contributed by atoms with Crippen molar-refractivity contribution in [3.63, 3.8) is 0 Å². The Morgan fingerprint density at radius 3 is 2.24 bits per heavy atom. The number of unbranched alkanes of at least 4 members (excludes halogenated alkanes) is 2. The Hall–Kier alpha value is -0.990. The highest BCUT2D eigenvalue weighted by Crippen LogP contribution is 2.47. The minimum Gasteiger partial charge on any atom is -0.295 e. The van der Waals surface area contributed by atoms with E-state index in [4.69, 9.17) is 21.9 Å². The Morgan fingerprint density at radius 1 is 1.18 bits per heavy atom. The third-order valence-corrected chi connectivity index (χ3v) is 3.61. The van der Waals surface area contributed by atoms with Gasteiger partial charge < -0.3 is 0 Å². The lowest BCUT2D eigenvalue weighted by atomic mass is 10.2. The van der Waals surface area contributed by atoms with Crippen molar-refractivity contribution in [2.24, 2.45) is 0 Å². The van der Waals surface area contributed by atoms with Crippen molar-refractivity contribution < 1.29 is 13.6 Å². The molecule has 0 saturated carbocycles. The van der Waals surface area contributed by atoms with Crippen LogP contribution >= 0.6 is 7.60 Å². The summed E-state index contributed by atoms with van der Waals surface area (Å²) in [7, 11) is -3.17. The highest BCUT2D eigenvalue weighted by atomic mass is 31.2. The molecule has 0 aliphatic heterocycles. The molecule has 0 radical (unpaired) electrons. The number of terminal acetylenes is 2. The Balaban J connectivity index is 4.19. The average Bonchev–Trinajstić information content (AvgIpc) is 2.34. The standard InChI is InChI=1S/C13H19O3P/c1-4-7-8-9-10-13-17(14,15-11-5-2)16-12-6-3/h2-3,9-10H,4,7-8,11-13H2,1H3/b10-9-. The van der Waals surface area contributed by atoms with Gasteiger partial charge >= 0.3 is 7.60 Å². The number of hydrogen-bond acceptors (Lipinski definition) is 3. The topological polar surface area (TPSA) is 35.5 Å². The quantitative estimate of drug-likeness (QED) is 0.274. The molecule has 0 rings (SSSR count). The molecule has 0 aliphatic rings. The van der Waals surface area contributed by atoms with Gasteiger partial charge in [0.05, 0.1) is 6.16 Å². The Labute approximate surface area is 104 Å². The molecule has 0 aromatic carbocycles. The zero-order chi connectivity index (χ0) is 13.0. The fourth-order valence-electron chi connectivity index (χ4n) is 1.06. The van der Waals surface area contributed by atoms with Crippen LogP contribution in [-0.2, 0) is 13.6 Å². The van der Waals surface area contributed by atoms with Gasteiger partial charge in [0.15, 0.2) is 0 Å². The van der Waals surface area contributed by atoms with Crippen molar-refractivity contribution in [1.29, 1.82) is 0 Å². The molecule has 3 nitrogen and oxygen atoms in total. The maximum atomic E-state index is 12.1. The first kappa shape index (κ1) is 16.0. The predicted molar refractivity (Wildman–Crippen MR) is 70.7 cm³/mol. The molecule has 0 heterocycles. The van der Waals surface area contributed by atoms with Gasteiger partial charge in [-0.05, 0) is 6.42 Å². The zero-order valence-electron chi connectivity index (χ0n) is 10.2. The van der Waals surface area contributed by atoms with Crippen LogP contribution < -0.4 is 0 Å². The minimum absolute atomic E-state index is 0.0371. The second-order valence-electron chi connectivity index (χ2n) is 3.36. The largest absolute Gasteiger partial charge is 0.336 e. The minimum atomic E-state index is -3.17. The molecule has 0 atom stereocenters. The highest BCUT2D eigenvalue weighted by molar-refractivity contribution is 7.54. The van der Waals surface area contributed by atoms with Crippen LogP contribution in [0.4, 0.5) is 0 Å². The number of hydrogen-bond donors (Lipinski definition) is 0. The van der Waals surface area contributed by atoms with Crippen LogP contribution in [0.25, 0.3) is 0 Å². The molecular formula is C13H19O3P. The monoisotopic (exact) mass is 254 g/mol. The van der Waals surface area contributed by atoms with Crippen molar-refractivity contribution in [3.8, 4) is 24.7 Å². The molecule has 94 valence electrons. The van der Waals surface area contributed by atoms with Crippen molar-refractivity contribution in [2.75, 3.05) is 19.4 Å². The van der Waals surface area contributed by atoms with Crippen molar-refractivity contribution >= 4 is 7.60 Å². The smallest absolute Gasteiger partial charge is 0.295 e. The predicted octanol–water partition coefficient (Wildman–Crippen LogP) is 3.23. The third kappa shape index (κ3) is 8.78. The van der Waals surface area contributed by atoms with E-state index in [0.717, 1.165) is 19.3 Å². The van der Waals surface area contributed by atoms with E-state index in [0.29, 0.717) is 0 Å². The summed E-state index contributed by atoms with van der Waals surface area (Å²) in [5.41, 5.74) is 0.